The molecule has 0 aromatic heterocycles. The molecule has 22 valence electrons. The monoisotopic (exact) mass is 77.0 g/mol. The van der Waals surface area contributed by atoms with E-state index in [2.05, 4.69) is 16.6 Å². The second-order valence-corrected chi connectivity index (χ2v) is 0.345. The topological polar surface area (TPSA) is 31.2 Å². The van der Waals surface area contributed by atoms with Gasteiger partial charge in [0.05, 0.1) is 0 Å². The van der Waals surface area contributed by atoms with Gasteiger partial charge in [-0.2, -0.15) is 0 Å². The largest absolute Gasteiger partial charge is 0.350 e. The fourth-order valence-electron chi connectivity index (χ4n) is 0. The molecule has 2 radical (unpaired) electrons. The molecule has 0 fully saturated rings. The van der Waals surface area contributed by atoms with E-state index in [1.807, 2.05) is 0 Å². The highest BCUT2D eigenvalue weighted by Crippen LogP contribution is 1.48. The summed E-state index contributed by atoms with van der Waals surface area (Å²) in [4.78, 5) is 11.2. The van der Waals surface area contributed by atoms with Crippen LogP contribution >= 0.6 is 11.8 Å². The molecule has 0 unspecified atom stereocenters. The molecule has 3 heteroatoms. The molecule has 0 aliphatic rings. The molecule has 0 saturated carbocycles. The number of amides is 1. The summed E-state index contributed by atoms with van der Waals surface area (Å²) in [6, 6.07) is 0. The number of nitrogens with zero attached hydrogens (tertiary/aromatic N) is 1. The predicted octanol–water partition coefficient (Wildman–Crippen LogP) is -0.188. The SMILES string of the molecule is O=[C][N]Cl. The van der Waals surface area contributed by atoms with E-state index in [1.165, 1.54) is 0 Å². The smallest absolute Gasteiger partial charge is 0.260 e. The number of rotatable bonds is 1. The van der Waals surface area contributed by atoms with Gasteiger partial charge in [-0.15, -0.1) is 4.84 Å². The first kappa shape index (κ1) is 3.76. The van der Waals surface area contributed by atoms with Crippen LogP contribution < -0.4 is 4.84 Å². The van der Waals surface area contributed by atoms with Gasteiger partial charge in [-0.05, 0) is 0 Å². The van der Waals surface area contributed by atoms with Gasteiger partial charge in [-0.1, -0.05) is 0 Å². The Morgan fingerprint density at radius 2 is 2.25 bits per heavy atom. The minimum atomic E-state index is 1.07. The Morgan fingerprint density at radius 1 is 2.00 bits per heavy atom. The molecule has 0 aromatic carbocycles. The molecule has 0 spiro atoms. The summed E-state index contributed by atoms with van der Waals surface area (Å²) in [5.41, 5.74) is 0. The Bertz CT molecular complexity index is 22.0. The Balaban J connectivity index is 2.30. The highest BCUT2D eigenvalue weighted by atomic mass is 35.5. The highest BCUT2D eigenvalue weighted by Gasteiger charge is 1.57. The molecule has 4 heavy (non-hydrogen) atoms. The average molecular weight is 77.5 g/mol. The predicted molar refractivity (Wildman–Crippen MR) is 13.7 cm³/mol. The Kier molecular flexibility index (Phi) is 2.59. The van der Waals surface area contributed by atoms with Crippen molar-refractivity contribution in [3.05, 3.63) is 0 Å². The first-order valence-electron chi connectivity index (χ1n) is 0.597. The van der Waals surface area contributed by atoms with Gasteiger partial charge in [-0.3, -0.25) is 4.79 Å². The average Bonchev–Trinajstić information content (AvgIpc) is 1.37. The van der Waals surface area contributed by atoms with Gasteiger partial charge in [0, 0.05) is 11.8 Å². The highest BCUT2D eigenvalue weighted by molar-refractivity contribution is 6.17. The van der Waals surface area contributed by atoms with Gasteiger partial charge < -0.3 is 0 Å². The van der Waals surface area contributed by atoms with Gasteiger partial charge in [0.25, 0.3) is 0 Å². The lowest BCUT2D eigenvalue weighted by molar-refractivity contribution is 0.553. The van der Waals surface area contributed by atoms with Gasteiger partial charge in [0.1, 0.15) is 0 Å². The summed E-state index contributed by atoms with van der Waals surface area (Å²) >= 11 is 4.39. The number of hydrogen-bond donors (Lipinski definition) is 0. The van der Waals surface area contributed by atoms with Gasteiger partial charge >= 0.3 is 6.41 Å². The van der Waals surface area contributed by atoms with Gasteiger partial charge in [-0.25, -0.2) is 0 Å². The fourth-order valence-corrected chi connectivity index (χ4v) is 0. The van der Waals surface area contributed by atoms with E-state index in [0.717, 1.165) is 6.41 Å². The normalized spacial score (nSPS) is 5.25. The third-order valence-electron chi connectivity index (χ3n) is 0.0345. The van der Waals surface area contributed by atoms with Crippen molar-refractivity contribution in [1.82, 2.24) is 4.84 Å². The summed E-state index contributed by atoms with van der Waals surface area (Å²) < 4.78 is 0. The van der Waals surface area contributed by atoms with E-state index < -0.39 is 0 Å². The fraction of sp³-hybridized carbons (Fsp3) is 0. The number of carbonyl (C=O) groups excluding carboxylic acids is 1. The van der Waals surface area contributed by atoms with Crippen LogP contribution in [0.1, 0.15) is 0 Å². The molecule has 0 aromatic rings. The second kappa shape index (κ2) is 2.76. The van der Waals surface area contributed by atoms with Gasteiger partial charge in [0.2, 0.25) is 0 Å². The van der Waals surface area contributed by atoms with Crippen LogP contribution in [-0.4, -0.2) is 6.41 Å². The first-order chi connectivity index (χ1) is 1.91. The van der Waals surface area contributed by atoms with E-state index in [4.69, 9.17) is 4.79 Å². The maximum Gasteiger partial charge on any atom is 0.350 e. The minimum Gasteiger partial charge on any atom is -0.260 e. The van der Waals surface area contributed by atoms with Crippen LogP contribution in [0.3, 0.4) is 0 Å². The first-order valence-corrected chi connectivity index (χ1v) is 0.935. The molecule has 2 nitrogen and oxygen atoms in total. The maximum atomic E-state index is 8.75. The zero-order valence-corrected chi connectivity index (χ0v) is 2.49. The minimum absolute atomic E-state index is 1.07. The molecule has 0 atom stereocenters. The second-order valence-electron chi connectivity index (χ2n) is 0.176. The lowest BCUT2D eigenvalue weighted by Crippen LogP contribution is -1.75. The van der Waals surface area contributed by atoms with Crippen LogP contribution in [0.4, 0.5) is 0 Å². The third kappa shape index (κ3) is 1.76. The van der Waals surface area contributed by atoms with Crippen molar-refractivity contribution >= 4 is 18.2 Å². The number of halogens is 1. The summed E-state index contributed by atoms with van der Waals surface area (Å²) in [6.07, 6.45) is 1.07. The van der Waals surface area contributed by atoms with E-state index in [0.29, 0.717) is 0 Å². The van der Waals surface area contributed by atoms with Crippen molar-refractivity contribution in [3.63, 3.8) is 0 Å². The molecular weight excluding hydrogens is 77.5 g/mol. The van der Waals surface area contributed by atoms with Crippen molar-refractivity contribution < 1.29 is 4.79 Å². The van der Waals surface area contributed by atoms with Crippen LogP contribution in [0.15, 0.2) is 0 Å². The van der Waals surface area contributed by atoms with E-state index >= 15 is 0 Å². The Morgan fingerprint density at radius 3 is 2.25 bits per heavy atom. The van der Waals surface area contributed by atoms with Crippen molar-refractivity contribution in [1.29, 1.82) is 0 Å². The lowest BCUT2D eigenvalue weighted by Gasteiger charge is -1.49. The molecule has 0 aliphatic heterocycles. The van der Waals surface area contributed by atoms with Gasteiger partial charge in [0.15, 0.2) is 0 Å². The quantitative estimate of drug-likeness (QED) is 0.427. The zero-order valence-electron chi connectivity index (χ0n) is 1.73. The Labute approximate surface area is 28.9 Å². The third-order valence-corrected chi connectivity index (χ3v) is 0.104. The maximum absolute atomic E-state index is 8.75. The summed E-state index contributed by atoms with van der Waals surface area (Å²) in [6.45, 7) is 0. The standard InChI is InChI=1S/CClNO/c2-3-1-4. The van der Waals surface area contributed by atoms with Crippen molar-refractivity contribution in [2.45, 2.75) is 0 Å². The van der Waals surface area contributed by atoms with Crippen molar-refractivity contribution in [3.8, 4) is 0 Å². The summed E-state index contributed by atoms with van der Waals surface area (Å²) in [5, 5.41) is 0. The van der Waals surface area contributed by atoms with Crippen molar-refractivity contribution in [2.24, 2.45) is 0 Å². The summed E-state index contributed by atoms with van der Waals surface area (Å²) in [5.74, 6) is 0. The zero-order chi connectivity index (χ0) is 3.41. The molecule has 0 aliphatic carbocycles. The van der Waals surface area contributed by atoms with E-state index in [1.54, 1.807) is 0 Å². The van der Waals surface area contributed by atoms with Crippen LogP contribution in [0.2, 0.25) is 0 Å². The van der Waals surface area contributed by atoms with Crippen LogP contribution in [0.25, 0.3) is 0 Å². The molecule has 0 saturated heterocycles. The van der Waals surface area contributed by atoms with E-state index in [-0.39, 0.29) is 0 Å². The molecular formula is CClNO. The molecule has 0 N–H and O–H groups in total. The lowest BCUT2D eigenvalue weighted by atomic mass is 11.5. The molecule has 0 bridgehead atoms. The van der Waals surface area contributed by atoms with Crippen LogP contribution in [0.5, 0.6) is 0 Å². The molecule has 0 heterocycles. The molecule has 1 amide bonds. The van der Waals surface area contributed by atoms with Crippen LogP contribution in [0, 0.1) is 0 Å². The van der Waals surface area contributed by atoms with Crippen LogP contribution in [-0.2, 0) is 4.79 Å². The molecule has 0 rings (SSSR count). The van der Waals surface area contributed by atoms with E-state index in [9.17, 15) is 0 Å². The van der Waals surface area contributed by atoms with Crippen molar-refractivity contribution in [2.75, 3.05) is 0 Å². The number of hydrogen-bond acceptors (Lipinski definition) is 1. The summed E-state index contributed by atoms with van der Waals surface area (Å²) in [7, 11) is 0. The Hall–Kier alpha value is -0.240.